The van der Waals surface area contributed by atoms with Crippen LogP contribution in [0.2, 0.25) is 0 Å². The van der Waals surface area contributed by atoms with Crippen LogP contribution in [0.4, 0.5) is 0 Å². The topological polar surface area (TPSA) is 104 Å². The molecule has 1 aliphatic carbocycles. The van der Waals surface area contributed by atoms with E-state index in [4.69, 9.17) is 15.6 Å². The van der Waals surface area contributed by atoms with Crippen LogP contribution in [-0.2, 0) is 24.1 Å². The average molecular weight is 380 g/mol. The molecule has 27 heavy (non-hydrogen) atoms. The van der Waals surface area contributed by atoms with Gasteiger partial charge in [0.1, 0.15) is 0 Å². The lowest BCUT2D eigenvalue weighted by molar-refractivity contribution is -0.122. The third kappa shape index (κ3) is 7.60. The standard InChI is InChI=1S/C21H35NO2.CH2O2/c1-2-3-4-5-6-7-8-17-9-10-19-14-20(12-11-18(19)13-17)21(22,15-23)16-24;2-1-3/h9-10,13,20,23-24H,2-8,11-12,14-16,22H2,1H3;1H,(H,2,3). The number of rotatable bonds is 10. The quantitative estimate of drug-likeness (QED) is 0.369. The van der Waals surface area contributed by atoms with Crippen LogP contribution in [0.3, 0.4) is 0 Å². The van der Waals surface area contributed by atoms with Crippen molar-refractivity contribution < 1.29 is 20.1 Å². The molecule has 2 rings (SSSR count). The molecule has 154 valence electrons. The van der Waals surface area contributed by atoms with Crippen LogP contribution < -0.4 is 5.73 Å². The number of hydrogen-bond acceptors (Lipinski definition) is 4. The van der Waals surface area contributed by atoms with Crippen molar-refractivity contribution in [2.45, 2.75) is 76.7 Å². The number of aryl methyl sites for hydroxylation is 2. The predicted molar refractivity (Wildman–Crippen MR) is 109 cm³/mol. The summed E-state index contributed by atoms with van der Waals surface area (Å²) < 4.78 is 0. The number of hydrogen-bond donors (Lipinski definition) is 4. The average Bonchev–Trinajstić information content (AvgIpc) is 2.70. The van der Waals surface area contributed by atoms with Crippen molar-refractivity contribution >= 4 is 6.47 Å². The number of benzene rings is 1. The summed E-state index contributed by atoms with van der Waals surface area (Å²) in [5, 5.41) is 25.9. The zero-order chi connectivity index (χ0) is 20.1. The molecule has 1 unspecified atom stereocenters. The third-order valence-electron chi connectivity index (χ3n) is 5.72. The fourth-order valence-corrected chi connectivity index (χ4v) is 3.87. The molecule has 1 atom stereocenters. The van der Waals surface area contributed by atoms with E-state index in [1.807, 2.05) is 0 Å². The maximum absolute atomic E-state index is 9.52. The zero-order valence-corrected chi connectivity index (χ0v) is 16.7. The highest BCUT2D eigenvalue weighted by atomic mass is 16.3. The Morgan fingerprint density at radius 2 is 1.74 bits per heavy atom. The van der Waals surface area contributed by atoms with Crippen LogP contribution in [0.25, 0.3) is 0 Å². The van der Waals surface area contributed by atoms with Gasteiger partial charge in [0.25, 0.3) is 6.47 Å². The normalized spacial score (nSPS) is 16.2. The van der Waals surface area contributed by atoms with Gasteiger partial charge >= 0.3 is 0 Å². The smallest absolute Gasteiger partial charge is 0.290 e. The molecule has 1 aromatic carbocycles. The molecule has 1 aliphatic rings. The SMILES string of the molecule is CCCCCCCCc1ccc2c(c1)CCC(C(N)(CO)CO)C2.O=CO. The highest BCUT2D eigenvalue weighted by Gasteiger charge is 2.36. The molecule has 0 aliphatic heterocycles. The Labute approximate surface area is 163 Å². The van der Waals surface area contributed by atoms with E-state index in [9.17, 15) is 10.2 Å². The summed E-state index contributed by atoms with van der Waals surface area (Å²) in [5.74, 6) is 0.157. The van der Waals surface area contributed by atoms with E-state index >= 15 is 0 Å². The van der Waals surface area contributed by atoms with E-state index in [0.29, 0.717) is 0 Å². The number of carbonyl (C=O) groups is 1. The molecule has 0 bridgehead atoms. The minimum absolute atomic E-state index is 0.153. The van der Waals surface area contributed by atoms with Crippen molar-refractivity contribution in [3.05, 3.63) is 34.9 Å². The first-order chi connectivity index (χ1) is 13.0. The van der Waals surface area contributed by atoms with Crippen molar-refractivity contribution in [2.75, 3.05) is 13.2 Å². The summed E-state index contributed by atoms with van der Waals surface area (Å²) in [7, 11) is 0. The molecule has 0 spiro atoms. The molecule has 1 aromatic rings. The second-order valence-electron chi connectivity index (χ2n) is 7.72. The van der Waals surface area contributed by atoms with Crippen molar-refractivity contribution in [3.8, 4) is 0 Å². The summed E-state index contributed by atoms with van der Waals surface area (Å²) in [5.41, 5.74) is 9.55. The second-order valence-corrected chi connectivity index (χ2v) is 7.72. The Balaban J connectivity index is 0.00000114. The first kappa shape index (κ1) is 23.6. The van der Waals surface area contributed by atoms with Gasteiger partial charge in [0, 0.05) is 0 Å². The minimum Gasteiger partial charge on any atom is -0.483 e. The first-order valence-corrected chi connectivity index (χ1v) is 10.2. The number of unbranched alkanes of at least 4 members (excludes halogenated alkanes) is 5. The summed E-state index contributed by atoms with van der Waals surface area (Å²) in [4.78, 5) is 8.36. The lowest BCUT2D eigenvalue weighted by atomic mass is 9.73. The summed E-state index contributed by atoms with van der Waals surface area (Å²) >= 11 is 0. The number of aliphatic hydroxyl groups excluding tert-OH is 2. The van der Waals surface area contributed by atoms with E-state index in [1.54, 1.807) is 0 Å². The van der Waals surface area contributed by atoms with Crippen LogP contribution in [0.5, 0.6) is 0 Å². The van der Waals surface area contributed by atoms with Crippen molar-refractivity contribution in [3.63, 3.8) is 0 Å². The maximum atomic E-state index is 9.52. The lowest BCUT2D eigenvalue weighted by Gasteiger charge is -2.37. The number of aliphatic hydroxyl groups is 2. The molecule has 5 N–H and O–H groups in total. The zero-order valence-electron chi connectivity index (χ0n) is 16.7. The van der Waals surface area contributed by atoms with Crippen LogP contribution in [0, 0.1) is 5.92 Å². The Hall–Kier alpha value is -1.43. The van der Waals surface area contributed by atoms with Gasteiger partial charge in [-0.25, -0.2) is 0 Å². The van der Waals surface area contributed by atoms with Gasteiger partial charge in [-0.05, 0) is 54.7 Å². The molecule has 0 radical (unpaired) electrons. The summed E-state index contributed by atoms with van der Waals surface area (Å²) in [6, 6.07) is 6.86. The van der Waals surface area contributed by atoms with Gasteiger partial charge in [0.05, 0.1) is 18.8 Å². The van der Waals surface area contributed by atoms with Gasteiger partial charge in [0.15, 0.2) is 0 Å². The maximum Gasteiger partial charge on any atom is 0.290 e. The molecular formula is C22H37NO4. The fourth-order valence-electron chi connectivity index (χ4n) is 3.87. The van der Waals surface area contributed by atoms with Gasteiger partial charge in [-0.3, -0.25) is 4.79 Å². The Bertz CT molecular complexity index is 543. The molecule has 0 saturated carbocycles. The number of nitrogens with two attached hydrogens (primary N) is 1. The molecule has 5 heteroatoms. The Morgan fingerprint density at radius 3 is 2.37 bits per heavy atom. The van der Waals surface area contributed by atoms with Gasteiger partial charge in [0.2, 0.25) is 0 Å². The van der Waals surface area contributed by atoms with Crippen molar-refractivity contribution in [1.82, 2.24) is 0 Å². The minimum atomic E-state index is -0.852. The van der Waals surface area contributed by atoms with E-state index in [2.05, 4.69) is 25.1 Å². The molecule has 0 amide bonds. The summed E-state index contributed by atoms with van der Waals surface area (Å²) in [6.07, 6.45) is 12.0. The van der Waals surface area contributed by atoms with Gasteiger partial charge in [-0.15, -0.1) is 0 Å². The highest BCUT2D eigenvalue weighted by molar-refractivity contribution is 5.35. The highest BCUT2D eigenvalue weighted by Crippen LogP contribution is 2.32. The van der Waals surface area contributed by atoms with E-state index < -0.39 is 5.54 Å². The molecule has 0 saturated heterocycles. The Kier molecular flexibility index (Phi) is 11.3. The van der Waals surface area contributed by atoms with Crippen LogP contribution in [0.1, 0.15) is 68.6 Å². The van der Waals surface area contributed by atoms with E-state index in [0.717, 1.165) is 19.3 Å². The van der Waals surface area contributed by atoms with Crippen molar-refractivity contribution in [1.29, 1.82) is 0 Å². The Morgan fingerprint density at radius 1 is 1.11 bits per heavy atom. The molecule has 0 fully saturated rings. The van der Waals surface area contributed by atoms with Crippen LogP contribution >= 0.6 is 0 Å². The second kappa shape index (κ2) is 12.9. The molecule has 5 nitrogen and oxygen atoms in total. The van der Waals surface area contributed by atoms with Crippen LogP contribution in [-0.4, -0.2) is 40.5 Å². The fraction of sp³-hybridized carbons (Fsp3) is 0.682. The number of fused-ring (bicyclic) bond motifs is 1. The first-order valence-electron chi connectivity index (χ1n) is 10.2. The molecular weight excluding hydrogens is 342 g/mol. The molecule has 0 heterocycles. The predicted octanol–water partition coefficient (Wildman–Crippen LogP) is 3.08. The van der Waals surface area contributed by atoms with Gasteiger partial charge in [-0.2, -0.15) is 0 Å². The van der Waals surface area contributed by atoms with E-state index in [-0.39, 0.29) is 25.6 Å². The van der Waals surface area contributed by atoms with Crippen LogP contribution in [0.15, 0.2) is 18.2 Å². The molecule has 0 aromatic heterocycles. The lowest BCUT2D eigenvalue weighted by Crippen LogP contribution is -2.55. The largest absolute Gasteiger partial charge is 0.483 e. The van der Waals surface area contributed by atoms with Crippen molar-refractivity contribution in [2.24, 2.45) is 11.7 Å². The van der Waals surface area contributed by atoms with Gasteiger partial charge < -0.3 is 21.1 Å². The third-order valence-corrected chi connectivity index (χ3v) is 5.72. The number of carboxylic acid groups (broad SMARTS) is 1. The summed E-state index contributed by atoms with van der Waals surface area (Å²) in [6.45, 7) is 1.70. The van der Waals surface area contributed by atoms with E-state index in [1.165, 1.54) is 61.6 Å². The van der Waals surface area contributed by atoms with Gasteiger partial charge in [-0.1, -0.05) is 57.2 Å². The monoisotopic (exact) mass is 379 g/mol.